The summed E-state index contributed by atoms with van der Waals surface area (Å²) >= 11 is 0. The molecule has 1 saturated heterocycles. The van der Waals surface area contributed by atoms with Gasteiger partial charge in [0.05, 0.1) is 0 Å². The van der Waals surface area contributed by atoms with Gasteiger partial charge in [0.1, 0.15) is 11.1 Å². The van der Waals surface area contributed by atoms with E-state index in [9.17, 15) is 9.59 Å². The Labute approximate surface area is 128 Å². The average molecular weight is 294 g/mol. The second-order valence-electron chi connectivity index (χ2n) is 7.19. The summed E-state index contributed by atoms with van der Waals surface area (Å²) in [6.07, 6.45) is 6.60. The van der Waals surface area contributed by atoms with E-state index in [0.717, 1.165) is 45.1 Å². The van der Waals surface area contributed by atoms with Crippen molar-refractivity contribution in [3.8, 4) is 0 Å². The molecule has 4 nitrogen and oxygen atoms in total. The molecule has 2 aliphatic rings. The van der Waals surface area contributed by atoms with Crippen molar-refractivity contribution in [1.29, 1.82) is 0 Å². The van der Waals surface area contributed by atoms with E-state index in [0.29, 0.717) is 12.3 Å². The van der Waals surface area contributed by atoms with Crippen LogP contribution in [0.4, 0.5) is 0 Å². The van der Waals surface area contributed by atoms with E-state index in [1.807, 2.05) is 18.7 Å². The smallest absolute Gasteiger partial charge is 0.248 e. The van der Waals surface area contributed by atoms with Gasteiger partial charge in [-0.15, -0.1) is 0 Å². The third-order valence-corrected chi connectivity index (χ3v) is 5.46. The minimum atomic E-state index is -0.725. The molecule has 1 saturated carbocycles. The van der Waals surface area contributed by atoms with Crippen molar-refractivity contribution in [1.82, 2.24) is 10.2 Å². The van der Waals surface area contributed by atoms with Crippen LogP contribution in [0, 0.1) is 5.92 Å². The standard InChI is InChI=1S/C17H30N2O2/c1-5-9-13(3)12-19-15(21)16(4,6-2)18-14(20)17(19)10-7-8-11-17/h13H,5-12H2,1-4H3,(H,18,20). The van der Waals surface area contributed by atoms with Crippen molar-refractivity contribution in [2.24, 2.45) is 5.92 Å². The van der Waals surface area contributed by atoms with Crippen LogP contribution in [-0.4, -0.2) is 34.3 Å². The second kappa shape index (κ2) is 5.98. The number of hydrogen-bond acceptors (Lipinski definition) is 2. The van der Waals surface area contributed by atoms with Crippen LogP contribution in [0.1, 0.15) is 72.6 Å². The van der Waals surface area contributed by atoms with Gasteiger partial charge in [0, 0.05) is 6.54 Å². The molecule has 2 amide bonds. The minimum absolute atomic E-state index is 0.0765. The minimum Gasteiger partial charge on any atom is -0.340 e. The second-order valence-corrected chi connectivity index (χ2v) is 7.19. The van der Waals surface area contributed by atoms with E-state index in [2.05, 4.69) is 19.2 Å². The van der Waals surface area contributed by atoms with Gasteiger partial charge in [0.25, 0.3) is 0 Å². The van der Waals surface area contributed by atoms with Crippen LogP contribution in [0.2, 0.25) is 0 Å². The number of carbonyl (C=O) groups is 2. The molecule has 1 aliphatic heterocycles. The summed E-state index contributed by atoms with van der Waals surface area (Å²) in [6, 6.07) is 0. The fourth-order valence-corrected chi connectivity index (χ4v) is 3.89. The molecule has 120 valence electrons. The molecular weight excluding hydrogens is 264 g/mol. The lowest BCUT2D eigenvalue weighted by Crippen LogP contribution is -2.74. The maximum atomic E-state index is 13.0. The Balaban J connectivity index is 2.31. The third-order valence-electron chi connectivity index (χ3n) is 5.46. The van der Waals surface area contributed by atoms with Gasteiger partial charge in [-0.1, -0.05) is 40.0 Å². The Kier molecular flexibility index (Phi) is 4.64. The van der Waals surface area contributed by atoms with Crippen molar-refractivity contribution in [3.05, 3.63) is 0 Å². The van der Waals surface area contributed by atoms with E-state index in [-0.39, 0.29) is 11.8 Å². The first-order valence-corrected chi connectivity index (χ1v) is 8.54. The van der Waals surface area contributed by atoms with E-state index in [1.165, 1.54) is 0 Å². The van der Waals surface area contributed by atoms with Gasteiger partial charge < -0.3 is 10.2 Å². The van der Waals surface area contributed by atoms with E-state index < -0.39 is 11.1 Å². The lowest BCUT2D eigenvalue weighted by molar-refractivity contribution is -0.163. The molecule has 1 aliphatic carbocycles. The van der Waals surface area contributed by atoms with Crippen molar-refractivity contribution in [3.63, 3.8) is 0 Å². The maximum absolute atomic E-state index is 13.0. The topological polar surface area (TPSA) is 49.4 Å². The molecule has 2 atom stereocenters. The van der Waals surface area contributed by atoms with E-state index >= 15 is 0 Å². The predicted molar refractivity (Wildman–Crippen MR) is 83.8 cm³/mol. The van der Waals surface area contributed by atoms with Crippen molar-refractivity contribution in [2.75, 3.05) is 6.54 Å². The molecule has 1 spiro atoms. The maximum Gasteiger partial charge on any atom is 0.248 e. The average Bonchev–Trinajstić information content (AvgIpc) is 2.93. The summed E-state index contributed by atoms with van der Waals surface area (Å²) in [7, 11) is 0. The Morgan fingerprint density at radius 1 is 1.24 bits per heavy atom. The summed E-state index contributed by atoms with van der Waals surface area (Å²) < 4.78 is 0. The van der Waals surface area contributed by atoms with Crippen molar-refractivity contribution >= 4 is 11.8 Å². The lowest BCUT2D eigenvalue weighted by atomic mass is 9.82. The molecule has 1 N–H and O–H groups in total. The highest BCUT2D eigenvalue weighted by molar-refractivity contribution is 6.02. The van der Waals surface area contributed by atoms with Crippen LogP contribution in [0.5, 0.6) is 0 Å². The van der Waals surface area contributed by atoms with Gasteiger partial charge in [-0.05, 0) is 38.5 Å². The summed E-state index contributed by atoms with van der Waals surface area (Å²) in [6.45, 7) is 8.92. The summed E-state index contributed by atoms with van der Waals surface area (Å²) in [4.78, 5) is 27.8. The zero-order chi connectivity index (χ0) is 15.7. The van der Waals surface area contributed by atoms with Crippen LogP contribution in [0.25, 0.3) is 0 Å². The highest BCUT2D eigenvalue weighted by Gasteiger charge is 2.57. The normalized spacial score (nSPS) is 29.8. The molecular formula is C17H30N2O2. The molecule has 2 unspecified atom stereocenters. The number of hydrogen-bond donors (Lipinski definition) is 1. The fourth-order valence-electron chi connectivity index (χ4n) is 3.89. The van der Waals surface area contributed by atoms with Crippen LogP contribution < -0.4 is 5.32 Å². The molecule has 1 heterocycles. The molecule has 21 heavy (non-hydrogen) atoms. The van der Waals surface area contributed by atoms with E-state index in [4.69, 9.17) is 0 Å². The molecule has 0 radical (unpaired) electrons. The molecule has 0 aromatic carbocycles. The third kappa shape index (κ3) is 2.69. The fraction of sp³-hybridized carbons (Fsp3) is 0.882. The van der Waals surface area contributed by atoms with Crippen LogP contribution in [0.15, 0.2) is 0 Å². The van der Waals surface area contributed by atoms with E-state index in [1.54, 1.807) is 0 Å². The summed E-state index contributed by atoms with van der Waals surface area (Å²) in [5.74, 6) is 0.644. The molecule has 0 bridgehead atoms. The first-order chi connectivity index (χ1) is 9.89. The Morgan fingerprint density at radius 2 is 1.86 bits per heavy atom. The number of nitrogens with one attached hydrogen (secondary N) is 1. The molecule has 0 aromatic rings. The van der Waals surface area contributed by atoms with Crippen LogP contribution >= 0.6 is 0 Å². The molecule has 2 fully saturated rings. The Hall–Kier alpha value is -1.06. The largest absolute Gasteiger partial charge is 0.340 e. The zero-order valence-electron chi connectivity index (χ0n) is 14.0. The van der Waals surface area contributed by atoms with Gasteiger partial charge in [0.15, 0.2) is 0 Å². The van der Waals surface area contributed by atoms with Crippen molar-refractivity contribution in [2.45, 2.75) is 83.7 Å². The predicted octanol–water partition coefficient (Wildman–Crippen LogP) is 2.86. The van der Waals surface area contributed by atoms with Gasteiger partial charge in [0.2, 0.25) is 11.8 Å². The van der Waals surface area contributed by atoms with Gasteiger partial charge in [-0.25, -0.2) is 0 Å². The number of piperazine rings is 1. The first kappa shape index (κ1) is 16.3. The Bertz CT molecular complexity index is 415. The molecule has 4 heteroatoms. The summed E-state index contributed by atoms with van der Waals surface area (Å²) in [5, 5.41) is 3.03. The zero-order valence-corrected chi connectivity index (χ0v) is 14.0. The first-order valence-electron chi connectivity index (χ1n) is 8.54. The highest BCUT2D eigenvalue weighted by atomic mass is 16.2. The molecule has 2 rings (SSSR count). The van der Waals surface area contributed by atoms with Gasteiger partial charge in [-0.2, -0.15) is 0 Å². The number of nitrogens with zero attached hydrogens (tertiary/aromatic N) is 1. The molecule has 0 aromatic heterocycles. The summed E-state index contributed by atoms with van der Waals surface area (Å²) in [5.41, 5.74) is -1.29. The van der Waals surface area contributed by atoms with Crippen LogP contribution in [-0.2, 0) is 9.59 Å². The van der Waals surface area contributed by atoms with Gasteiger partial charge in [-0.3, -0.25) is 9.59 Å². The lowest BCUT2D eigenvalue weighted by Gasteiger charge is -2.51. The highest BCUT2D eigenvalue weighted by Crippen LogP contribution is 2.41. The van der Waals surface area contributed by atoms with Crippen LogP contribution in [0.3, 0.4) is 0 Å². The van der Waals surface area contributed by atoms with Gasteiger partial charge >= 0.3 is 0 Å². The van der Waals surface area contributed by atoms with Crippen molar-refractivity contribution < 1.29 is 9.59 Å². The quantitative estimate of drug-likeness (QED) is 0.847. The number of carbonyl (C=O) groups excluding carboxylic acids is 2. The number of amides is 2. The Morgan fingerprint density at radius 3 is 2.38 bits per heavy atom. The monoisotopic (exact) mass is 294 g/mol. The SMILES string of the molecule is CCCC(C)CN1C(=O)C(C)(CC)NC(=O)C12CCCC2. The number of rotatable bonds is 5.